The molecule has 1 aromatic carbocycles. The van der Waals surface area contributed by atoms with E-state index in [1.165, 1.54) is 0 Å². The second-order valence-corrected chi connectivity index (χ2v) is 5.05. The molecule has 0 aliphatic carbocycles. The molecule has 0 radical (unpaired) electrons. The Morgan fingerprint density at radius 2 is 1.94 bits per heavy atom. The molecule has 16 heavy (non-hydrogen) atoms. The van der Waals surface area contributed by atoms with E-state index in [4.69, 9.17) is 16.3 Å². The van der Waals surface area contributed by atoms with Crippen molar-refractivity contribution in [2.75, 3.05) is 0 Å². The Hall–Kier alpha value is -1.28. The molecule has 2 nitrogen and oxygen atoms in total. The van der Waals surface area contributed by atoms with Gasteiger partial charge in [-0.1, -0.05) is 23.7 Å². The quantitative estimate of drug-likeness (QED) is 0.696. The fourth-order valence-electron chi connectivity index (χ4n) is 1.63. The van der Waals surface area contributed by atoms with Gasteiger partial charge in [-0.15, -0.1) is 0 Å². The van der Waals surface area contributed by atoms with Crippen LogP contribution in [-0.4, -0.2) is 5.97 Å². The van der Waals surface area contributed by atoms with Crippen LogP contribution in [0.25, 0.3) is 6.08 Å². The second-order valence-electron chi connectivity index (χ2n) is 4.61. The summed E-state index contributed by atoms with van der Waals surface area (Å²) < 4.78 is 5.20. The van der Waals surface area contributed by atoms with Crippen molar-refractivity contribution >= 4 is 23.6 Å². The van der Waals surface area contributed by atoms with Crippen molar-refractivity contribution in [3.05, 3.63) is 40.6 Å². The molecule has 0 atom stereocenters. The smallest absolute Gasteiger partial charge is 0.317 e. The van der Waals surface area contributed by atoms with Crippen LogP contribution < -0.4 is 0 Å². The normalized spacial score (nSPS) is 21.2. The molecule has 0 spiro atoms. The summed E-state index contributed by atoms with van der Waals surface area (Å²) in [5, 5.41) is 0.700. The topological polar surface area (TPSA) is 26.3 Å². The first kappa shape index (κ1) is 11.2. The van der Waals surface area contributed by atoms with Crippen molar-refractivity contribution in [2.24, 2.45) is 5.41 Å². The molecule has 1 fully saturated rings. The number of benzene rings is 1. The van der Waals surface area contributed by atoms with Gasteiger partial charge in [0.1, 0.15) is 5.76 Å². The van der Waals surface area contributed by atoms with Gasteiger partial charge < -0.3 is 4.74 Å². The van der Waals surface area contributed by atoms with E-state index in [0.717, 1.165) is 11.3 Å². The number of hydrogen-bond donors (Lipinski definition) is 0. The summed E-state index contributed by atoms with van der Waals surface area (Å²) >= 11 is 5.79. The fraction of sp³-hybridized carbons (Fsp3) is 0.308. The SMILES string of the molecule is CC1(C)C/C(=C/c2ccc(Cl)cc2)OC1=O. The van der Waals surface area contributed by atoms with Crippen LogP contribution in [0.1, 0.15) is 25.8 Å². The molecule has 0 N–H and O–H groups in total. The Morgan fingerprint density at radius 1 is 1.31 bits per heavy atom. The van der Waals surface area contributed by atoms with Crippen LogP contribution in [0.15, 0.2) is 30.0 Å². The lowest BCUT2D eigenvalue weighted by Gasteiger charge is -2.07. The number of carbonyl (C=O) groups excluding carboxylic acids is 1. The number of halogens is 1. The van der Waals surface area contributed by atoms with Crippen molar-refractivity contribution < 1.29 is 9.53 Å². The number of rotatable bonds is 1. The van der Waals surface area contributed by atoms with Crippen LogP contribution in [0.4, 0.5) is 0 Å². The number of ether oxygens (including phenoxy) is 1. The van der Waals surface area contributed by atoms with Gasteiger partial charge in [-0.2, -0.15) is 0 Å². The summed E-state index contributed by atoms with van der Waals surface area (Å²) in [6, 6.07) is 7.43. The molecular formula is C13H13ClO2. The predicted molar refractivity (Wildman–Crippen MR) is 63.9 cm³/mol. The molecule has 0 amide bonds. The molecule has 1 aliphatic heterocycles. The van der Waals surface area contributed by atoms with Gasteiger partial charge in [-0.3, -0.25) is 4.79 Å². The summed E-state index contributed by atoms with van der Waals surface area (Å²) in [6.07, 6.45) is 2.53. The Balaban J connectivity index is 2.21. The first-order chi connectivity index (χ1) is 7.47. The van der Waals surface area contributed by atoms with Crippen molar-refractivity contribution in [3.63, 3.8) is 0 Å². The third-order valence-corrected chi connectivity index (χ3v) is 2.84. The van der Waals surface area contributed by atoms with Crippen molar-refractivity contribution in [1.29, 1.82) is 0 Å². The van der Waals surface area contributed by atoms with Gasteiger partial charge in [0.25, 0.3) is 0 Å². The van der Waals surface area contributed by atoms with Gasteiger partial charge in [-0.25, -0.2) is 0 Å². The summed E-state index contributed by atoms with van der Waals surface area (Å²) in [6.45, 7) is 3.77. The van der Waals surface area contributed by atoms with Crippen LogP contribution >= 0.6 is 11.6 Å². The highest BCUT2D eigenvalue weighted by Gasteiger charge is 2.38. The third kappa shape index (κ3) is 2.27. The number of carbonyl (C=O) groups is 1. The van der Waals surface area contributed by atoms with Crippen molar-refractivity contribution in [1.82, 2.24) is 0 Å². The Morgan fingerprint density at radius 3 is 2.44 bits per heavy atom. The summed E-state index contributed by atoms with van der Waals surface area (Å²) in [7, 11) is 0. The van der Waals surface area contributed by atoms with Crippen molar-refractivity contribution in [3.8, 4) is 0 Å². The van der Waals surface area contributed by atoms with E-state index in [0.29, 0.717) is 11.4 Å². The van der Waals surface area contributed by atoms with Gasteiger partial charge in [0.05, 0.1) is 5.41 Å². The van der Waals surface area contributed by atoms with Crippen LogP contribution in [0.5, 0.6) is 0 Å². The van der Waals surface area contributed by atoms with E-state index in [9.17, 15) is 4.79 Å². The molecule has 0 saturated carbocycles. The minimum atomic E-state index is -0.405. The lowest BCUT2D eigenvalue weighted by Crippen LogP contribution is -2.16. The third-order valence-electron chi connectivity index (χ3n) is 2.59. The molecule has 84 valence electrons. The highest BCUT2D eigenvalue weighted by molar-refractivity contribution is 6.30. The maximum atomic E-state index is 11.5. The molecule has 1 aliphatic rings. The minimum absolute atomic E-state index is 0.160. The molecular weight excluding hydrogens is 224 g/mol. The molecule has 3 heteroatoms. The van der Waals surface area contributed by atoms with E-state index in [1.807, 2.05) is 44.2 Å². The molecule has 0 aromatic heterocycles. The monoisotopic (exact) mass is 236 g/mol. The average Bonchev–Trinajstić information content (AvgIpc) is 2.44. The first-order valence-electron chi connectivity index (χ1n) is 5.16. The van der Waals surface area contributed by atoms with Crippen LogP contribution in [0, 0.1) is 5.41 Å². The maximum absolute atomic E-state index is 11.5. The van der Waals surface area contributed by atoms with Gasteiger partial charge in [0.15, 0.2) is 0 Å². The lowest BCUT2D eigenvalue weighted by molar-refractivity contribution is -0.142. The lowest BCUT2D eigenvalue weighted by atomic mass is 9.91. The number of esters is 1. The van der Waals surface area contributed by atoms with Gasteiger partial charge in [0, 0.05) is 11.4 Å². The van der Waals surface area contributed by atoms with E-state index in [-0.39, 0.29) is 5.97 Å². The zero-order valence-electron chi connectivity index (χ0n) is 9.29. The highest BCUT2D eigenvalue weighted by Crippen LogP contribution is 2.36. The minimum Gasteiger partial charge on any atom is -0.431 e. The molecule has 1 heterocycles. The Bertz CT molecular complexity index is 444. The summed E-state index contributed by atoms with van der Waals surface area (Å²) in [5.41, 5.74) is 0.586. The van der Waals surface area contributed by atoms with E-state index in [1.54, 1.807) is 0 Å². The summed E-state index contributed by atoms with van der Waals surface area (Å²) in [4.78, 5) is 11.5. The Labute approximate surface area is 99.9 Å². The molecule has 1 saturated heterocycles. The molecule has 1 aromatic rings. The first-order valence-corrected chi connectivity index (χ1v) is 5.54. The zero-order chi connectivity index (χ0) is 11.8. The van der Waals surface area contributed by atoms with E-state index < -0.39 is 5.41 Å². The van der Waals surface area contributed by atoms with Gasteiger partial charge >= 0.3 is 5.97 Å². The number of allylic oxidation sites excluding steroid dienone is 1. The highest BCUT2D eigenvalue weighted by atomic mass is 35.5. The molecule has 2 rings (SSSR count). The van der Waals surface area contributed by atoms with E-state index in [2.05, 4.69) is 0 Å². The standard InChI is InChI=1S/C13H13ClO2/c1-13(2)8-11(16-12(13)15)7-9-3-5-10(14)6-4-9/h3-7H,8H2,1-2H3/b11-7-. The number of hydrogen-bond acceptors (Lipinski definition) is 2. The second kappa shape index (κ2) is 3.95. The van der Waals surface area contributed by atoms with Crippen LogP contribution in [0.3, 0.4) is 0 Å². The van der Waals surface area contributed by atoms with Gasteiger partial charge in [0.2, 0.25) is 0 Å². The zero-order valence-corrected chi connectivity index (χ0v) is 10.0. The van der Waals surface area contributed by atoms with Gasteiger partial charge in [-0.05, 0) is 37.6 Å². The van der Waals surface area contributed by atoms with Crippen LogP contribution in [-0.2, 0) is 9.53 Å². The predicted octanol–water partition coefficient (Wildman–Crippen LogP) is 3.65. The van der Waals surface area contributed by atoms with E-state index >= 15 is 0 Å². The fourth-order valence-corrected chi connectivity index (χ4v) is 1.75. The molecule has 0 unspecified atom stereocenters. The van der Waals surface area contributed by atoms with Crippen LogP contribution in [0.2, 0.25) is 5.02 Å². The number of cyclic esters (lactones) is 1. The maximum Gasteiger partial charge on any atom is 0.317 e. The Kier molecular flexibility index (Phi) is 2.76. The van der Waals surface area contributed by atoms with Crippen molar-refractivity contribution in [2.45, 2.75) is 20.3 Å². The average molecular weight is 237 g/mol. The summed E-state index contributed by atoms with van der Waals surface area (Å²) in [5.74, 6) is 0.560. The molecule has 0 bridgehead atoms. The largest absolute Gasteiger partial charge is 0.431 e.